The summed E-state index contributed by atoms with van der Waals surface area (Å²) < 4.78 is 0. The molecule has 1 aromatic rings. The summed E-state index contributed by atoms with van der Waals surface area (Å²) in [7, 11) is 0. The third kappa shape index (κ3) is 2.06. The predicted molar refractivity (Wildman–Crippen MR) is 72.2 cm³/mol. The Morgan fingerprint density at radius 1 is 1.56 bits per heavy atom. The van der Waals surface area contributed by atoms with Gasteiger partial charge in [-0.2, -0.15) is 0 Å². The molecule has 1 fully saturated rings. The van der Waals surface area contributed by atoms with Gasteiger partial charge in [0.25, 0.3) is 5.91 Å². The number of β-lactam (4-membered cyclic amide) rings is 1. The van der Waals surface area contributed by atoms with Gasteiger partial charge in [-0.15, -0.1) is 23.1 Å². The van der Waals surface area contributed by atoms with Crippen LogP contribution in [0, 0.1) is 0 Å². The summed E-state index contributed by atoms with van der Waals surface area (Å²) in [5.74, 6) is 0.805. The summed E-state index contributed by atoms with van der Waals surface area (Å²) in [5.41, 5.74) is 0. The average Bonchev–Trinajstić information content (AvgIpc) is 2.88. The lowest BCUT2D eigenvalue weighted by Crippen LogP contribution is -2.68. The van der Waals surface area contributed by atoms with E-state index < -0.39 is 0 Å². The molecule has 4 nitrogen and oxygen atoms in total. The molecule has 6 heteroatoms. The minimum absolute atomic E-state index is 0.0111. The monoisotopic (exact) mass is 280 g/mol. The van der Waals surface area contributed by atoms with Crippen LogP contribution in [0.1, 0.15) is 4.88 Å². The molecule has 0 radical (unpaired) electrons. The Labute approximate surface area is 113 Å². The lowest BCUT2D eigenvalue weighted by Gasteiger charge is -2.46. The molecule has 18 heavy (non-hydrogen) atoms. The molecule has 1 aromatic heterocycles. The van der Waals surface area contributed by atoms with Crippen LogP contribution in [-0.4, -0.2) is 33.9 Å². The van der Waals surface area contributed by atoms with Crippen molar-refractivity contribution >= 4 is 34.9 Å². The fraction of sp³-hybridized carbons (Fsp3) is 0.333. The molecule has 0 aliphatic carbocycles. The molecule has 2 amide bonds. The molecule has 0 spiro atoms. The van der Waals surface area contributed by atoms with E-state index in [1.807, 2.05) is 29.8 Å². The largest absolute Gasteiger partial charge is 0.341 e. The number of rotatable bonds is 3. The van der Waals surface area contributed by atoms with Crippen molar-refractivity contribution in [3.8, 4) is 0 Å². The highest BCUT2D eigenvalue weighted by Crippen LogP contribution is 2.33. The zero-order valence-corrected chi connectivity index (χ0v) is 11.2. The molecule has 2 atom stereocenters. The minimum atomic E-state index is -0.354. The Balaban J connectivity index is 1.59. The third-order valence-corrected chi connectivity index (χ3v) is 5.04. The molecular weight excluding hydrogens is 268 g/mol. The molecule has 2 aliphatic rings. The van der Waals surface area contributed by atoms with Crippen molar-refractivity contribution in [3.63, 3.8) is 0 Å². The van der Waals surface area contributed by atoms with Crippen LogP contribution < -0.4 is 5.32 Å². The minimum Gasteiger partial charge on any atom is -0.341 e. The number of nitrogens with one attached hydrogen (secondary N) is 1. The number of amides is 2. The number of thioether (sulfide) groups is 1. The number of hydrogen-bond acceptors (Lipinski definition) is 4. The zero-order valence-electron chi connectivity index (χ0n) is 9.54. The molecule has 0 aromatic carbocycles. The van der Waals surface area contributed by atoms with Gasteiger partial charge in [0.2, 0.25) is 5.91 Å². The number of nitrogens with zero attached hydrogens (tertiary/aromatic N) is 1. The molecule has 2 aliphatic heterocycles. The average molecular weight is 280 g/mol. The van der Waals surface area contributed by atoms with Crippen LogP contribution in [0.5, 0.6) is 0 Å². The Morgan fingerprint density at radius 2 is 2.44 bits per heavy atom. The number of thiophene rings is 1. The highest BCUT2D eigenvalue weighted by Gasteiger charge is 2.48. The summed E-state index contributed by atoms with van der Waals surface area (Å²) in [6.45, 7) is 0. The molecule has 3 rings (SSSR count). The number of carbonyl (C=O) groups excluding carboxylic acids is 2. The highest BCUT2D eigenvalue weighted by atomic mass is 32.2. The maximum absolute atomic E-state index is 11.8. The SMILES string of the molecule is O=C(Cc1cccs1)NC1C(=O)N2C=CCSC12. The van der Waals surface area contributed by atoms with Crippen molar-refractivity contribution < 1.29 is 9.59 Å². The van der Waals surface area contributed by atoms with E-state index in [0.29, 0.717) is 6.42 Å². The Kier molecular flexibility index (Phi) is 3.13. The maximum atomic E-state index is 11.8. The predicted octanol–water partition coefficient (Wildman–Crippen LogP) is 1.20. The van der Waals surface area contributed by atoms with E-state index in [2.05, 4.69) is 5.32 Å². The van der Waals surface area contributed by atoms with E-state index in [-0.39, 0.29) is 23.2 Å². The fourth-order valence-electron chi connectivity index (χ4n) is 2.06. The van der Waals surface area contributed by atoms with Gasteiger partial charge >= 0.3 is 0 Å². The van der Waals surface area contributed by atoms with Crippen molar-refractivity contribution in [2.75, 3.05) is 5.75 Å². The molecule has 2 unspecified atom stereocenters. The number of carbonyl (C=O) groups is 2. The first-order valence-electron chi connectivity index (χ1n) is 5.68. The smallest absolute Gasteiger partial charge is 0.253 e. The van der Waals surface area contributed by atoms with Crippen LogP contribution >= 0.6 is 23.1 Å². The Morgan fingerprint density at radius 3 is 3.22 bits per heavy atom. The van der Waals surface area contributed by atoms with Gasteiger partial charge in [-0.1, -0.05) is 12.1 Å². The summed E-state index contributed by atoms with van der Waals surface area (Å²) in [4.78, 5) is 26.3. The van der Waals surface area contributed by atoms with Crippen LogP contribution in [0.4, 0.5) is 0 Å². The lowest BCUT2D eigenvalue weighted by molar-refractivity contribution is -0.144. The van der Waals surface area contributed by atoms with Crippen LogP contribution in [0.2, 0.25) is 0 Å². The van der Waals surface area contributed by atoms with Crippen molar-refractivity contribution in [1.29, 1.82) is 0 Å². The van der Waals surface area contributed by atoms with Gasteiger partial charge in [0.1, 0.15) is 11.4 Å². The summed E-state index contributed by atoms with van der Waals surface area (Å²) in [6, 6.07) is 3.50. The molecule has 0 bridgehead atoms. The first-order valence-corrected chi connectivity index (χ1v) is 7.61. The quantitative estimate of drug-likeness (QED) is 0.847. The van der Waals surface area contributed by atoms with Crippen LogP contribution in [0.25, 0.3) is 0 Å². The highest BCUT2D eigenvalue weighted by molar-refractivity contribution is 8.00. The topological polar surface area (TPSA) is 49.4 Å². The van der Waals surface area contributed by atoms with Gasteiger partial charge < -0.3 is 10.2 Å². The van der Waals surface area contributed by atoms with E-state index in [0.717, 1.165) is 10.6 Å². The normalized spacial score (nSPS) is 25.6. The first kappa shape index (κ1) is 11.8. The first-order chi connectivity index (χ1) is 8.75. The van der Waals surface area contributed by atoms with E-state index in [1.54, 1.807) is 28.0 Å². The van der Waals surface area contributed by atoms with Crippen molar-refractivity contribution in [2.24, 2.45) is 0 Å². The van der Waals surface area contributed by atoms with Crippen LogP contribution in [0.15, 0.2) is 29.8 Å². The van der Waals surface area contributed by atoms with E-state index in [9.17, 15) is 9.59 Å². The van der Waals surface area contributed by atoms with Gasteiger partial charge in [-0.3, -0.25) is 9.59 Å². The van der Waals surface area contributed by atoms with Crippen molar-refractivity contribution in [1.82, 2.24) is 10.2 Å². The second kappa shape index (κ2) is 4.78. The Hall–Kier alpha value is -1.27. The van der Waals surface area contributed by atoms with Gasteiger partial charge in [-0.05, 0) is 11.4 Å². The van der Waals surface area contributed by atoms with Gasteiger partial charge in [0, 0.05) is 16.8 Å². The maximum Gasteiger partial charge on any atom is 0.253 e. The van der Waals surface area contributed by atoms with Gasteiger partial charge in [-0.25, -0.2) is 0 Å². The lowest BCUT2D eigenvalue weighted by atomic mass is 10.1. The molecule has 3 heterocycles. The number of fused-ring (bicyclic) bond motifs is 1. The zero-order chi connectivity index (χ0) is 12.5. The van der Waals surface area contributed by atoms with Gasteiger partial charge in [0.05, 0.1) is 6.42 Å². The molecule has 94 valence electrons. The third-order valence-electron chi connectivity index (χ3n) is 2.94. The van der Waals surface area contributed by atoms with Gasteiger partial charge in [0.15, 0.2) is 0 Å². The molecule has 1 saturated heterocycles. The summed E-state index contributed by atoms with van der Waals surface area (Å²) in [5, 5.41) is 4.85. The van der Waals surface area contributed by atoms with Crippen molar-refractivity contribution in [3.05, 3.63) is 34.7 Å². The summed E-state index contributed by atoms with van der Waals surface area (Å²) >= 11 is 3.24. The Bertz CT molecular complexity index is 498. The van der Waals surface area contributed by atoms with Crippen molar-refractivity contribution in [2.45, 2.75) is 17.8 Å². The standard InChI is InChI=1S/C12H12N2O2S2/c15-9(7-8-3-1-5-17-8)13-10-11(16)14-4-2-6-18-12(10)14/h1-5,10,12H,6-7H2,(H,13,15). The second-order valence-electron chi connectivity index (χ2n) is 4.16. The van der Waals surface area contributed by atoms with E-state index in [1.165, 1.54) is 0 Å². The second-order valence-corrected chi connectivity index (χ2v) is 6.34. The number of hydrogen-bond donors (Lipinski definition) is 1. The fourth-order valence-corrected chi connectivity index (χ4v) is 3.87. The van der Waals surface area contributed by atoms with E-state index >= 15 is 0 Å². The molecule has 1 N–H and O–H groups in total. The molecule has 0 saturated carbocycles. The van der Waals surface area contributed by atoms with E-state index in [4.69, 9.17) is 0 Å². The van der Waals surface area contributed by atoms with Crippen LogP contribution in [0.3, 0.4) is 0 Å². The van der Waals surface area contributed by atoms with Crippen LogP contribution in [-0.2, 0) is 16.0 Å². The molecular formula is C12H12N2O2S2. The summed E-state index contributed by atoms with van der Waals surface area (Å²) in [6.07, 6.45) is 4.13.